The van der Waals surface area contributed by atoms with Crippen LogP contribution in [0.1, 0.15) is 0 Å². The Morgan fingerprint density at radius 2 is 1.96 bits per heavy atom. The highest BCUT2D eigenvalue weighted by Gasteiger charge is 2.25. The van der Waals surface area contributed by atoms with E-state index in [1.54, 1.807) is 7.11 Å². The van der Waals surface area contributed by atoms with Gasteiger partial charge in [-0.15, -0.1) is 22.7 Å². The van der Waals surface area contributed by atoms with Crippen molar-refractivity contribution in [3.8, 4) is 17.0 Å². The molecule has 3 rings (SSSR count). The number of halogens is 1. The molecule has 3 aromatic rings. The highest BCUT2D eigenvalue weighted by molar-refractivity contribution is 7.91. The smallest absolute Gasteiger partial charge is 0.252 e. The number of hydrogen-bond donors (Lipinski definition) is 1. The minimum Gasteiger partial charge on any atom is -0.497 e. The maximum absolute atomic E-state index is 12.4. The lowest BCUT2D eigenvalue weighted by atomic mass is 10.2. The van der Waals surface area contributed by atoms with Crippen molar-refractivity contribution in [3.05, 3.63) is 46.1 Å². The van der Waals surface area contributed by atoms with E-state index in [4.69, 9.17) is 16.3 Å². The van der Waals surface area contributed by atoms with E-state index >= 15 is 0 Å². The quantitative estimate of drug-likeness (QED) is 0.583. The number of methoxy groups -OCH3 is 1. The van der Waals surface area contributed by atoms with E-state index < -0.39 is 15.9 Å². The molecule has 7 nitrogen and oxygen atoms in total. The van der Waals surface area contributed by atoms with Crippen LogP contribution in [0.25, 0.3) is 11.3 Å². The van der Waals surface area contributed by atoms with Gasteiger partial charge in [-0.25, -0.2) is 13.4 Å². The van der Waals surface area contributed by atoms with Gasteiger partial charge in [0, 0.05) is 18.0 Å². The van der Waals surface area contributed by atoms with E-state index in [9.17, 15) is 13.2 Å². The summed E-state index contributed by atoms with van der Waals surface area (Å²) in [6, 6.07) is 10.3. The number of ether oxygens (including phenoxy) is 1. The highest BCUT2D eigenvalue weighted by atomic mass is 35.5. The number of hydrogen-bond acceptors (Lipinski definition) is 7. The number of aromatic nitrogens is 1. The maximum atomic E-state index is 12.4. The Bertz CT molecular complexity index is 1080. The molecule has 11 heteroatoms. The predicted octanol–water partition coefficient (Wildman–Crippen LogP) is 3.79. The molecule has 0 aliphatic carbocycles. The summed E-state index contributed by atoms with van der Waals surface area (Å²) in [4.78, 5) is 16.6. The van der Waals surface area contributed by atoms with Crippen LogP contribution >= 0.6 is 34.3 Å². The molecule has 28 heavy (non-hydrogen) atoms. The number of rotatable bonds is 7. The van der Waals surface area contributed by atoms with Crippen molar-refractivity contribution in [2.45, 2.75) is 4.21 Å². The van der Waals surface area contributed by atoms with Crippen molar-refractivity contribution in [1.82, 2.24) is 9.29 Å². The van der Waals surface area contributed by atoms with E-state index in [-0.39, 0.29) is 10.8 Å². The molecule has 2 aromatic heterocycles. The van der Waals surface area contributed by atoms with Crippen LogP contribution in [0.4, 0.5) is 5.13 Å². The van der Waals surface area contributed by atoms with E-state index in [2.05, 4.69) is 10.3 Å². The molecular formula is C17H16ClN3O4S3. The number of likely N-dealkylation sites (N-methyl/N-ethyl adjacent to an activating group) is 1. The van der Waals surface area contributed by atoms with Crippen LogP contribution in [-0.4, -0.2) is 44.3 Å². The summed E-state index contributed by atoms with van der Waals surface area (Å²) in [5.74, 6) is 0.258. The average molecular weight is 458 g/mol. The van der Waals surface area contributed by atoms with Crippen molar-refractivity contribution >= 4 is 55.3 Å². The van der Waals surface area contributed by atoms with Crippen LogP contribution < -0.4 is 10.1 Å². The SMILES string of the molecule is COc1ccc(-c2csc(NC(=O)CN(C)S(=O)(=O)c3ccc(Cl)s3)n2)cc1. The van der Waals surface area contributed by atoms with Crippen LogP contribution in [0.3, 0.4) is 0 Å². The Hall–Kier alpha value is -1.98. The minimum absolute atomic E-state index is 0.0869. The van der Waals surface area contributed by atoms with Crippen LogP contribution in [0.15, 0.2) is 46.0 Å². The topological polar surface area (TPSA) is 88.6 Å². The monoisotopic (exact) mass is 457 g/mol. The number of thiazole rings is 1. The highest BCUT2D eigenvalue weighted by Crippen LogP contribution is 2.28. The summed E-state index contributed by atoms with van der Waals surface area (Å²) in [5.41, 5.74) is 1.59. The molecule has 0 radical (unpaired) electrons. The minimum atomic E-state index is -3.77. The zero-order valence-electron chi connectivity index (χ0n) is 14.9. The molecule has 0 aliphatic rings. The number of amides is 1. The molecule has 0 fully saturated rings. The number of carbonyl (C=O) groups excluding carboxylic acids is 1. The molecule has 0 saturated carbocycles. The molecule has 0 unspecified atom stereocenters. The number of benzene rings is 1. The summed E-state index contributed by atoms with van der Waals surface area (Å²) in [7, 11) is -0.839. The molecule has 0 bridgehead atoms. The first-order chi connectivity index (χ1) is 13.3. The Labute approximate surface area is 175 Å². The molecule has 1 N–H and O–H groups in total. The zero-order chi connectivity index (χ0) is 20.3. The van der Waals surface area contributed by atoms with Gasteiger partial charge in [-0.2, -0.15) is 4.31 Å². The first kappa shape index (κ1) is 20.7. The number of nitrogens with one attached hydrogen (secondary N) is 1. The van der Waals surface area contributed by atoms with Crippen molar-refractivity contribution in [2.24, 2.45) is 0 Å². The standard InChI is InChI=1S/C17H16ClN3O4S3/c1-21(28(23,24)16-8-7-14(18)27-16)9-15(22)20-17-19-13(10-26-17)11-3-5-12(25-2)6-4-11/h3-8,10H,9H2,1-2H3,(H,19,20,22). The summed E-state index contributed by atoms with van der Waals surface area (Å²) >= 11 is 8.00. The number of sulfonamides is 1. The van der Waals surface area contributed by atoms with Gasteiger partial charge in [-0.05, 0) is 36.4 Å². The lowest BCUT2D eigenvalue weighted by Crippen LogP contribution is -2.34. The third-order valence-electron chi connectivity index (χ3n) is 3.72. The molecular weight excluding hydrogens is 442 g/mol. The first-order valence-electron chi connectivity index (χ1n) is 7.91. The molecule has 0 spiro atoms. The molecule has 1 amide bonds. The van der Waals surface area contributed by atoms with E-state index in [0.29, 0.717) is 15.2 Å². The summed E-state index contributed by atoms with van der Waals surface area (Å²) in [6.07, 6.45) is 0. The normalized spacial score (nSPS) is 11.6. The van der Waals surface area contributed by atoms with Crippen LogP contribution in [0.5, 0.6) is 5.75 Å². The van der Waals surface area contributed by atoms with Gasteiger partial charge in [0.1, 0.15) is 9.96 Å². The van der Waals surface area contributed by atoms with Crippen LogP contribution in [0, 0.1) is 0 Å². The van der Waals surface area contributed by atoms with Gasteiger partial charge in [-0.3, -0.25) is 4.79 Å². The van der Waals surface area contributed by atoms with E-state index in [1.165, 1.54) is 30.5 Å². The summed E-state index contributed by atoms with van der Waals surface area (Å²) < 4.78 is 31.5. The second-order valence-electron chi connectivity index (χ2n) is 5.63. The molecule has 148 valence electrons. The Morgan fingerprint density at radius 1 is 1.25 bits per heavy atom. The van der Waals surface area contributed by atoms with Crippen molar-refractivity contribution in [1.29, 1.82) is 0 Å². The van der Waals surface area contributed by atoms with Gasteiger partial charge in [0.25, 0.3) is 10.0 Å². The fraction of sp³-hybridized carbons (Fsp3) is 0.176. The second-order valence-corrected chi connectivity index (χ2v) is 10.5. The van der Waals surface area contributed by atoms with Gasteiger partial charge in [0.05, 0.1) is 23.7 Å². The van der Waals surface area contributed by atoms with Crippen molar-refractivity contribution in [2.75, 3.05) is 26.0 Å². The lowest BCUT2D eigenvalue weighted by Gasteiger charge is -2.15. The van der Waals surface area contributed by atoms with Gasteiger partial charge in [-0.1, -0.05) is 11.6 Å². The Kier molecular flexibility index (Phi) is 6.36. The van der Waals surface area contributed by atoms with Gasteiger partial charge in [0.15, 0.2) is 5.13 Å². The van der Waals surface area contributed by atoms with E-state index in [0.717, 1.165) is 27.0 Å². The van der Waals surface area contributed by atoms with Gasteiger partial charge >= 0.3 is 0 Å². The van der Waals surface area contributed by atoms with Crippen LogP contribution in [-0.2, 0) is 14.8 Å². The second kappa shape index (κ2) is 8.58. The number of nitrogens with zero attached hydrogens (tertiary/aromatic N) is 2. The Balaban J connectivity index is 1.64. The van der Waals surface area contributed by atoms with E-state index in [1.807, 2.05) is 29.6 Å². The third-order valence-corrected chi connectivity index (χ3v) is 7.98. The van der Waals surface area contributed by atoms with Crippen molar-refractivity contribution in [3.63, 3.8) is 0 Å². The molecule has 0 atom stereocenters. The number of thiophene rings is 1. The number of anilines is 1. The number of carbonyl (C=O) groups is 1. The van der Waals surface area contributed by atoms with Gasteiger partial charge < -0.3 is 10.1 Å². The lowest BCUT2D eigenvalue weighted by molar-refractivity contribution is -0.116. The average Bonchev–Trinajstić information content (AvgIpc) is 3.31. The molecule has 1 aromatic carbocycles. The largest absolute Gasteiger partial charge is 0.497 e. The Morgan fingerprint density at radius 3 is 2.57 bits per heavy atom. The molecule has 0 aliphatic heterocycles. The first-order valence-corrected chi connectivity index (χ1v) is 11.4. The van der Waals surface area contributed by atoms with Gasteiger partial charge in [0.2, 0.25) is 5.91 Å². The maximum Gasteiger partial charge on any atom is 0.252 e. The summed E-state index contributed by atoms with van der Waals surface area (Å²) in [6.45, 7) is -0.338. The molecule has 2 heterocycles. The fourth-order valence-corrected chi connectivity index (χ4v) is 5.82. The molecule has 0 saturated heterocycles. The van der Waals surface area contributed by atoms with Crippen molar-refractivity contribution < 1.29 is 17.9 Å². The third kappa shape index (κ3) is 4.70. The van der Waals surface area contributed by atoms with Crippen LogP contribution in [0.2, 0.25) is 4.34 Å². The fourth-order valence-electron chi connectivity index (χ4n) is 2.26. The predicted molar refractivity (Wildman–Crippen MR) is 112 cm³/mol. The summed E-state index contributed by atoms with van der Waals surface area (Å²) in [5, 5.41) is 4.83. The zero-order valence-corrected chi connectivity index (χ0v) is 18.1.